The van der Waals surface area contributed by atoms with Crippen LogP contribution in [-0.2, 0) is 11.3 Å². The maximum atomic E-state index is 11.7. The molecule has 18 heavy (non-hydrogen) atoms. The summed E-state index contributed by atoms with van der Waals surface area (Å²) >= 11 is 6.07. The number of nitrogens with two attached hydrogens (primary N) is 1. The molecule has 0 aliphatic rings. The molecular weight excluding hydrogens is 252 g/mol. The zero-order valence-corrected chi connectivity index (χ0v) is 11.6. The molecule has 1 aromatic rings. The molecule has 1 amide bonds. The second kappa shape index (κ2) is 6.61. The first-order chi connectivity index (χ1) is 8.47. The Balaban J connectivity index is 2.72. The SMILES string of the molecule is COc1cccc(Cl)c1CNC(=O)[C@H](N)C(C)C. The van der Waals surface area contributed by atoms with E-state index in [1.165, 1.54) is 0 Å². The zero-order valence-electron chi connectivity index (χ0n) is 10.9. The predicted molar refractivity (Wildman–Crippen MR) is 72.7 cm³/mol. The summed E-state index contributed by atoms with van der Waals surface area (Å²) < 4.78 is 5.20. The molecule has 1 atom stereocenters. The van der Waals surface area contributed by atoms with Crippen molar-refractivity contribution in [2.24, 2.45) is 11.7 Å². The standard InChI is InChI=1S/C13H19ClN2O2/c1-8(2)12(15)13(17)16-7-9-10(14)5-4-6-11(9)18-3/h4-6,8,12H,7,15H2,1-3H3,(H,16,17)/t12-/m1/s1. The predicted octanol–water partition coefficient (Wildman–Crippen LogP) is 1.95. The monoisotopic (exact) mass is 270 g/mol. The number of hydrogen-bond acceptors (Lipinski definition) is 3. The van der Waals surface area contributed by atoms with Gasteiger partial charge in [0, 0.05) is 17.1 Å². The Labute approximate surface area is 112 Å². The van der Waals surface area contributed by atoms with Gasteiger partial charge in [-0.15, -0.1) is 0 Å². The fraction of sp³-hybridized carbons (Fsp3) is 0.462. The van der Waals surface area contributed by atoms with Crippen LogP contribution in [0.25, 0.3) is 0 Å². The number of rotatable bonds is 5. The van der Waals surface area contributed by atoms with Crippen LogP contribution in [0.1, 0.15) is 19.4 Å². The lowest BCUT2D eigenvalue weighted by molar-refractivity contribution is -0.123. The van der Waals surface area contributed by atoms with Crippen LogP contribution >= 0.6 is 11.6 Å². The highest BCUT2D eigenvalue weighted by atomic mass is 35.5. The van der Waals surface area contributed by atoms with Crippen LogP contribution in [-0.4, -0.2) is 19.1 Å². The Morgan fingerprint density at radius 3 is 2.72 bits per heavy atom. The minimum atomic E-state index is -0.515. The van der Waals surface area contributed by atoms with Crippen molar-refractivity contribution in [3.63, 3.8) is 0 Å². The molecular formula is C13H19ClN2O2. The molecule has 0 unspecified atom stereocenters. The van der Waals surface area contributed by atoms with E-state index >= 15 is 0 Å². The zero-order chi connectivity index (χ0) is 13.7. The minimum absolute atomic E-state index is 0.0955. The van der Waals surface area contributed by atoms with Crippen molar-refractivity contribution in [2.45, 2.75) is 26.4 Å². The summed E-state index contributed by atoms with van der Waals surface area (Å²) in [6.45, 7) is 4.11. The lowest BCUT2D eigenvalue weighted by Gasteiger charge is -2.16. The number of amides is 1. The second-order valence-electron chi connectivity index (χ2n) is 4.41. The maximum absolute atomic E-state index is 11.7. The molecule has 0 heterocycles. The Morgan fingerprint density at radius 1 is 1.50 bits per heavy atom. The van der Waals surface area contributed by atoms with E-state index in [2.05, 4.69) is 5.32 Å². The number of carbonyl (C=O) groups excluding carboxylic acids is 1. The third-order valence-corrected chi connectivity index (χ3v) is 3.11. The van der Waals surface area contributed by atoms with E-state index in [-0.39, 0.29) is 11.8 Å². The average molecular weight is 271 g/mol. The van der Waals surface area contributed by atoms with Crippen molar-refractivity contribution in [1.29, 1.82) is 0 Å². The van der Waals surface area contributed by atoms with E-state index < -0.39 is 6.04 Å². The molecule has 3 N–H and O–H groups in total. The fourth-order valence-corrected chi connectivity index (χ4v) is 1.73. The highest BCUT2D eigenvalue weighted by molar-refractivity contribution is 6.31. The van der Waals surface area contributed by atoms with Crippen LogP contribution in [0.5, 0.6) is 5.75 Å². The molecule has 0 aromatic heterocycles. The first-order valence-electron chi connectivity index (χ1n) is 5.82. The van der Waals surface area contributed by atoms with Gasteiger partial charge in [-0.3, -0.25) is 4.79 Å². The molecule has 1 rings (SSSR count). The molecule has 5 heteroatoms. The van der Waals surface area contributed by atoms with Gasteiger partial charge in [0.15, 0.2) is 0 Å². The largest absolute Gasteiger partial charge is 0.496 e. The van der Waals surface area contributed by atoms with Crippen molar-refractivity contribution < 1.29 is 9.53 Å². The molecule has 0 aliphatic carbocycles. The quantitative estimate of drug-likeness (QED) is 0.860. The number of methoxy groups -OCH3 is 1. The Morgan fingerprint density at radius 2 is 2.17 bits per heavy atom. The molecule has 0 radical (unpaired) electrons. The maximum Gasteiger partial charge on any atom is 0.237 e. The summed E-state index contributed by atoms with van der Waals surface area (Å²) in [5, 5.41) is 3.33. The van der Waals surface area contributed by atoms with Crippen LogP contribution in [0.3, 0.4) is 0 Å². The van der Waals surface area contributed by atoms with E-state index in [1.807, 2.05) is 13.8 Å². The normalized spacial score (nSPS) is 12.3. The van der Waals surface area contributed by atoms with Crippen molar-refractivity contribution in [2.75, 3.05) is 7.11 Å². The van der Waals surface area contributed by atoms with Gasteiger partial charge in [-0.2, -0.15) is 0 Å². The number of nitrogens with one attached hydrogen (secondary N) is 1. The van der Waals surface area contributed by atoms with Gasteiger partial charge in [0.1, 0.15) is 5.75 Å². The van der Waals surface area contributed by atoms with Crippen LogP contribution in [0.4, 0.5) is 0 Å². The van der Waals surface area contributed by atoms with Gasteiger partial charge in [0.2, 0.25) is 5.91 Å². The number of halogens is 1. The van der Waals surface area contributed by atoms with Crippen LogP contribution in [0, 0.1) is 5.92 Å². The average Bonchev–Trinajstić information content (AvgIpc) is 2.35. The van der Waals surface area contributed by atoms with E-state index in [1.54, 1.807) is 25.3 Å². The number of ether oxygens (including phenoxy) is 1. The summed E-state index contributed by atoms with van der Waals surface area (Å²) in [6, 6.07) is 4.84. The summed E-state index contributed by atoms with van der Waals surface area (Å²) in [5.74, 6) is 0.561. The summed E-state index contributed by atoms with van der Waals surface area (Å²) in [5.41, 5.74) is 6.51. The minimum Gasteiger partial charge on any atom is -0.496 e. The van der Waals surface area contributed by atoms with Crippen molar-refractivity contribution in [3.8, 4) is 5.75 Å². The van der Waals surface area contributed by atoms with E-state index in [0.29, 0.717) is 17.3 Å². The summed E-state index contributed by atoms with van der Waals surface area (Å²) in [7, 11) is 1.57. The number of hydrogen-bond donors (Lipinski definition) is 2. The highest BCUT2D eigenvalue weighted by Crippen LogP contribution is 2.25. The Bertz CT molecular complexity index is 421. The Kier molecular flexibility index (Phi) is 5.44. The number of carbonyl (C=O) groups is 1. The first-order valence-corrected chi connectivity index (χ1v) is 6.19. The van der Waals surface area contributed by atoms with Gasteiger partial charge >= 0.3 is 0 Å². The molecule has 0 saturated heterocycles. The first kappa shape index (κ1) is 14.8. The third-order valence-electron chi connectivity index (χ3n) is 2.76. The second-order valence-corrected chi connectivity index (χ2v) is 4.82. The highest BCUT2D eigenvalue weighted by Gasteiger charge is 2.17. The fourth-order valence-electron chi connectivity index (χ4n) is 1.50. The van der Waals surface area contributed by atoms with Crippen molar-refractivity contribution >= 4 is 17.5 Å². The molecule has 0 spiro atoms. The Hall–Kier alpha value is -1.26. The van der Waals surface area contributed by atoms with E-state index in [4.69, 9.17) is 22.1 Å². The van der Waals surface area contributed by atoms with Crippen molar-refractivity contribution in [1.82, 2.24) is 5.32 Å². The lowest BCUT2D eigenvalue weighted by Crippen LogP contribution is -2.43. The third kappa shape index (κ3) is 3.62. The lowest BCUT2D eigenvalue weighted by atomic mass is 10.0. The number of benzene rings is 1. The van der Waals surface area contributed by atoms with Gasteiger partial charge in [-0.1, -0.05) is 31.5 Å². The summed E-state index contributed by atoms with van der Waals surface area (Å²) in [6.07, 6.45) is 0. The van der Waals surface area contributed by atoms with Gasteiger partial charge in [-0.05, 0) is 18.1 Å². The van der Waals surface area contributed by atoms with Gasteiger partial charge < -0.3 is 15.8 Å². The van der Waals surface area contributed by atoms with Crippen LogP contribution < -0.4 is 15.8 Å². The molecule has 0 bridgehead atoms. The van der Waals surface area contributed by atoms with Gasteiger partial charge in [0.05, 0.1) is 13.2 Å². The molecule has 0 aliphatic heterocycles. The van der Waals surface area contributed by atoms with Gasteiger partial charge in [0.25, 0.3) is 0 Å². The molecule has 0 saturated carbocycles. The smallest absolute Gasteiger partial charge is 0.237 e. The van der Waals surface area contributed by atoms with Crippen LogP contribution in [0.15, 0.2) is 18.2 Å². The molecule has 0 fully saturated rings. The van der Waals surface area contributed by atoms with Crippen molar-refractivity contribution in [3.05, 3.63) is 28.8 Å². The topological polar surface area (TPSA) is 64.3 Å². The summed E-state index contributed by atoms with van der Waals surface area (Å²) in [4.78, 5) is 11.7. The van der Waals surface area contributed by atoms with E-state index in [0.717, 1.165) is 5.56 Å². The van der Waals surface area contributed by atoms with Gasteiger partial charge in [-0.25, -0.2) is 0 Å². The molecule has 4 nitrogen and oxygen atoms in total. The molecule has 1 aromatic carbocycles. The molecule has 100 valence electrons. The van der Waals surface area contributed by atoms with E-state index in [9.17, 15) is 4.79 Å². The van der Waals surface area contributed by atoms with Crippen LogP contribution in [0.2, 0.25) is 5.02 Å².